The summed E-state index contributed by atoms with van der Waals surface area (Å²) in [7, 11) is 0. The summed E-state index contributed by atoms with van der Waals surface area (Å²) in [5.74, 6) is 0.570. The Hall–Kier alpha value is -3.06. The van der Waals surface area contributed by atoms with Crippen molar-refractivity contribution >= 4 is 28.9 Å². The van der Waals surface area contributed by atoms with Crippen LogP contribution in [-0.2, 0) is 14.3 Å². The Balaban J connectivity index is 1.42. The molecule has 0 aliphatic carbocycles. The fourth-order valence-corrected chi connectivity index (χ4v) is 3.14. The summed E-state index contributed by atoms with van der Waals surface area (Å²) in [5.41, 5.74) is 2.19. The van der Waals surface area contributed by atoms with Gasteiger partial charge in [-0.2, -0.15) is 0 Å². The Morgan fingerprint density at radius 3 is 2.43 bits per heavy atom. The maximum atomic E-state index is 12.2. The van der Waals surface area contributed by atoms with E-state index in [2.05, 4.69) is 16.0 Å². The molecular formula is C23H29N3O4. The maximum absolute atomic E-state index is 12.2. The molecule has 1 unspecified atom stereocenters. The normalized spacial score (nSPS) is 15.4. The van der Waals surface area contributed by atoms with Crippen LogP contribution in [0.2, 0.25) is 0 Å². The number of carbonyl (C=O) groups excluding carboxylic acids is 2. The molecular weight excluding hydrogens is 382 g/mol. The maximum Gasteiger partial charge on any atom is 0.243 e. The average Bonchev–Trinajstić information content (AvgIpc) is 3.26. The topological polar surface area (TPSA) is 88.7 Å². The predicted octanol–water partition coefficient (Wildman–Crippen LogP) is 4.03. The van der Waals surface area contributed by atoms with Crippen molar-refractivity contribution in [3.8, 4) is 5.75 Å². The molecule has 0 radical (unpaired) electrons. The number of ether oxygens (including phenoxy) is 2. The Labute approximate surface area is 177 Å². The lowest BCUT2D eigenvalue weighted by atomic mass is 10.2. The van der Waals surface area contributed by atoms with Crippen LogP contribution in [-0.4, -0.2) is 37.7 Å². The molecule has 1 atom stereocenters. The molecule has 0 saturated carbocycles. The highest BCUT2D eigenvalue weighted by molar-refractivity contribution is 5.94. The van der Waals surface area contributed by atoms with E-state index in [0.717, 1.165) is 37.3 Å². The first-order chi connectivity index (χ1) is 14.6. The lowest BCUT2D eigenvalue weighted by molar-refractivity contribution is -0.116. The van der Waals surface area contributed by atoms with Crippen LogP contribution in [0.3, 0.4) is 0 Å². The molecule has 7 heteroatoms. The molecule has 1 heterocycles. The first-order valence-electron chi connectivity index (χ1n) is 10.4. The van der Waals surface area contributed by atoms with Gasteiger partial charge in [-0.15, -0.1) is 0 Å². The number of amides is 2. The van der Waals surface area contributed by atoms with E-state index in [1.54, 1.807) is 24.3 Å². The Morgan fingerprint density at radius 2 is 1.77 bits per heavy atom. The molecule has 2 aromatic carbocycles. The summed E-state index contributed by atoms with van der Waals surface area (Å²) in [6.07, 6.45) is 3.58. The van der Waals surface area contributed by atoms with Crippen LogP contribution in [0.25, 0.3) is 0 Å². The molecule has 0 aromatic heterocycles. The molecule has 3 N–H and O–H groups in total. The zero-order valence-corrected chi connectivity index (χ0v) is 17.3. The highest BCUT2D eigenvalue weighted by Gasteiger charge is 2.16. The number of anilines is 3. The first kappa shape index (κ1) is 21.6. The van der Waals surface area contributed by atoms with Gasteiger partial charge in [-0.3, -0.25) is 9.59 Å². The minimum atomic E-state index is -0.163. The fraction of sp³-hybridized carbons (Fsp3) is 0.391. The largest absolute Gasteiger partial charge is 0.491 e. The van der Waals surface area contributed by atoms with Crippen molar-refractivity contribution in [2.75, 3.05) is 35.7 Å². The van der Waals surface area contributed by atoms with Crippen LogP contribution in [0, 0.1) is 0 Å². The van der Waals surface area contributed by atoms with Crippen LogP contribution in [0.15, 0.2) is 48.5 Å². The highest BCUT2D eigenvalue weighted by atomic mass is 16.5. The smallest absolute Gasteiger partial charge is 0.243 e. The summed E-state index contributed by atoms with van der Waals surface area (Å²) in [6.45, 7) is 3.44. The molecule has 1 aliphatic heterocycles. The minimum absolute atomic E-state index is 0.0135. The predicted molar refractivity (Wildman–Crippen MR) is 118 cm³/mol. The van der Waals surface area contributed by atoms with E-state index in [1.807, 2.05) is 31.2 Å². The van der Waals surface area contributed by atoms with Crippen molar-refractivity contribution in [2.45, 2.75) is 38.7 Å². The van der Waals surface area contributed by atoms with E-state index in [9.17, 15) is 9.59 Å². The molecule has 7 nitrogen and oxygen atoms in total. The molecule has 1 aliphatic rings. The van der Waals surface area contributed by atoms with E-state index in [-0.39, 0.29) is 24.5 Å². The van der Waals surface area contributed by atoms with Crippen LogP contribution in [0.4, 0.5) is 17.1 Å². The summed E-state index contributed by atoms with van der Waals surface area (Å²) >= 11 is 0. The minimum Gasteiger partial charge on any atom is -0.491 e. The second-order valence-corrected chi connectivity index (χ2v) is 7.25. The number of hydrogen-bond acceptors (Lipinski definition) is 5. The van der Waals surface area contributed by atoms with Gasteiger partial charge in [0.05, 0.1) is 12.6 Å². The molecule has 1 saturated heterocycles. The van der Waals surface area contributed by atoms with E-state index in [4.69, 9.17) is 9.47 Å². The molecule has 3 rings (SSSR count). The summed E-state index contributed by atoms with van der Waals surface area (Å²) < 4.78 is 11.4. The molecule has 1 fully saturated rings. The highest BCUT2D eigenvalue weighted by Crippen LogP contribution is 2.20. The monoisotopic (exact) mass is 411 g/mol. The molecule has 2 amide bonds. The van der Waals surface area contributed by atoms with Crippen LogP contribution in [0.5, 0.6) is 5.75 Å². The van der Waals surface area contributed by atoms with E-state index in [0.29, 0.717) is 24.4 Å². The number of nitrogens with one attached hydrogen (secondary N) is 3. The molecule has 2 aromatic rings. The third-order valence-corrected chi connectivity index (χ3v) is 4.68. The molecule has 0 bridgehead atoms. The van der Waals surface area contributed by atoms with Crippen molar-refractivity contribution in [2.24, 2.45) is 0 Å². The van der Waals surface area contributed by atoms with Gasteiger partial charge in [0.2, 0.25) is 11.8 Å². The van der Waals surface area contributed by atoms with Gasteiger partial charge in [0.1, 0.15) is 12.4 Å². The van der Waals surface area contributed by atoms with Crippen molar-refractivity contribution in [3.05, 3.63) is 48.5 Å². The number of carbonyl (C=O) groups is 2. The zero-order chi connectivity index (χ0) is 21.2. The van der Waals surface area contributed by atoms with Crippen molar-refractivity contribution in [3.63, 3.8) is 0 Å². The van der Waals surface area contributed by atoms with Crippen LogP contribution in [0.1, 0.15) is 32.6 Å². The fourth-order valence-electron chi connectivity index (χ4n) is 3.14. The van der Waals surface area contributed by atoms with Gasteiger partial charge in [-0.05, 0) is 55.7 Å². The summed E-state index contributed by atoms with van der Waals surface area (Å²) in [4.78, 5) is 23.8. The lowest BCUT2D eigenvalue weighted by Crippen LogP contribution is -2.21. The second kappa shape index (κ2) is 11.2. The van der Waals surface area contributed by atoms with Gasteiger partial charge in [0.15, 0.2) is 0 Å². The Morgan fingerprint density at radius 1 is 1.03 bits per heavy atom. The third-order valence-electron chi connectivity index (χ3n) is 4.68. The number of benzene rings is 2. The Kier molecular flexibility index (Phi) is 8.09. The third kappa shape index (κ3) is 7.08. The van der Waals surface area contributed by atoms with Gasteiger partial charge in [-0.25, -0.2) is 0 Å². The van der Waals surface area contributed by atoms with Crippen molar-refractivity contribution in [1.29, 1.82) is 0 Å². The second-order valence-electron chi connectivity index (χ2n) is 7.25. The SMILES string of the molecule is CCCC(=O)Nc1ccc(NC(=O)CNc2cccc(OCC3CCCO3)c2)cc1. The Bertz CT molecular complexity index is 833. The van der Waals surface area contributed by atoms with Gasteiger partial charge in [0, 0.05) is 36.2 Å². The van der Waals surface area contributed by atoms with Gasteiger partial charge < -0.3 is 25.4 Å². The standard InChI is InChI=1S/C23H29N3O4/c1-2-5-22(27)25-17-9-11-18(12-10-17)26-23(28)15-24-19-6-3-7-20(14-19)30-16-21-8-4-13-29-21/h3,6-7,9-12,14,21,24H,2,4-5,8,13,15-16H2,1H3,(H,25,27)(H,26,28). The average molecular weight is 412 g/mol. The quantitative estimate of drug-likeness (QED) is 0.549. The first-order valence-corrected chi connectivity index (χ1v) is 10.4. The van der Waals surface area contributed by atoms with Crippen molar-refractivity contribution < 1.29 is 19.1 Å². The lowest BCUT2D eigenvalue weighted by Gasteiger charge is -2.13. The zero-order valence-electron chi connectivity index (χ0n) is 17.3. The van der Waals surface area contributed by atoms with E-state index in [1.165, 1.54) is 0 Å². The molecule has 160 valence electrons. The van der Waals surface area contributed by atoms with E-state index < -0.39 is 0 Å². The number of hydrogen-bond donors (Lipinski definition) is 3. The summed E-state index contributed by atoms with van der Waals surface area (Å²) in [5, 5.41) is 8.76. The summed E-state index contributed by atoms with van der Waals surface area (Å²) in [6, 6.07) is 14.6. The van der Waals surface area contributed by atoms with E-state index >= 15 is 0 Å². The molecule has 30 heavy (non-hydrogen) atoms. The molecule has 0 spiro atoms. The number of rotatable bonds is 10. The van der Waals surface area contributed by atoms with Crippen LogP contribution >= 0.6 is 0 Å². The van der Waals surface area contributed by atoms with Gasteiger partial charge in [0.25, 0.3) is 0 Å². The van der Waals surface area contributed by atoms with Gasteiger partial charge >= 0.3 is 0 Å². The van der Waals surface area contributed by atoms with Gasteiger partial charge in [-0.1, -0.05) is 13.0 Å². The van der Waals surface area contributed by atoms with Crippen LogP contribution < -0.4 is 20.7 Å². The van der Waals surface area contributed by atoms with Crippen molar-refractivity contribution in [1.82, 2.24) is 0 Å².